The molecule has 0 bridgehead atoms. The van der Waals surface area contributed by atoms with Crippen LogP contribution in [-0.2, 0) is 4.79 Å². The average molecular weight is 277 g/mol. The fraction of sp³-hybridized carbons (Fsp3) is 0.588. The Labute approximate surface area is 122 Å². The predicted molar refractivity (Wildman–Crippen MR) is 83.0 cm³/mol. The van der Waals surface area contributed by atoms with Gasteiger partial charge in [-0.15, -0.1) is 0 Å². The molecule has 2 N–H and O–H groups in total. The Hall–Kier alpha value is -1.35. The van der Waals surface area contributed by atoms with Gasteiger partial charge in [0.15, 0.2) is 0 Å². The van der Waals surface area contributed by atoms with E-state index in [1.165, 1.54) is 5.56 Å². The highest BCUT2D eigenvalue weighted by Gasteiger charge is 2.21. The molecule has 0 aromatic heterocycles. The second-order valence-corrected chi connectivity index (χ2v) is 6.23. The van der Waals surface area contributed by atoms with Gasteiger partial charge in [0.25, 0.3) is 0 Å². The van der Waals surface area contributed by atoms with Gasteiger partial charge < -0.3 is 5.11 Å². The zero-order valence-electron chi connectivity index (χ0n) is 13.2. The molecule has 0 radical (unpaired) electrons. The summed E-state index contributed by atoms with van der Waals surface area (Å²) in [5, 5.41) is 12.5. The van der Waals surface area contributed by atoms with Crippen molar-refractivity contribution in [3.8, 4) is 0 Å². The van der Waals surface area contributed by atoms with E-state index < -0.39 is 12.0 Å². The number of rotatable bonds is 7. The minimum atomic E-state index is -0.774. The lowest BCUT2D eigenvalue weighted by atomic mass is 9.98. The second-order valence-electron chi connectivity index (χ2n) is 6.23. The molecule has 1 aromatic rings. The van der Waals surface area contributed by atoms with Crippen LogP contribution in [0.4, 0.5) is 0 Å². The molecule has 0 aliphatic rings. The molecule has 3 heteroatoms. The average Bonchev–Trinajstić information content (AvgIpc) is 2.37. The molecule has 0 spiro atoms. The summed E-state index contributed by atoms with van der Waals surface area (Å²) in [4.78, 5) is 11.3. The first kappa shape index (κ1) is 16.7. The molecule has 2 unspecified atom stereocenters. The van der Waals surface area contributed by atoms with E-state index in [2.05, 4.69) is 43.4 Å². The first-order valence-electron chi connectivity index (χ1n) is 7.40. The number of carboxylic acid groups (broad SMARTS) is 1. The molecule has 0 saturated carbocycles. The fourth-order valence-electron chi connectivity index (χ4n) is 2.28. The summed E-state index contributed by atoms with van der Waals surface area (Å²) in [6.45, 7) is 10.4. The van der Waals surface area contributed by atoms with Crippen molar-refractivity contribution < 1.29 is 9.90 Å². The molecule has 1 aromatic carbocycles. The Kier molecular flexibility index (Phi) is 6.21. The normalized spacial score (nSPS) is 14.6. The van der Waals surface area contributed by atoms with Crippen LogP contribution in [0.1, 0.15) is 64.1 Å². The molecule has 0 aliphatic carbocycles. The molecule has 1 rings (SSSR count). The molecule has 20 heavy (non-hydrogen) atoms. The highest BCUT2D eigenvalue weighted by atomic mass is 16.4. The van der Waals surface area contributed by atoms with Crippen molar-refractivity contribution >= 4 is 5.97 Å². The Morgan fingerprint density at radius 1 is 1.05 bits per heavy atom. The number of carbonyl (C=O) groups is 1. The van der Waals surface area contributed by atoms with Crippen LogP contribution < -0.4 is 5.32 Å². The van der Waals surface area contributed by atoms with Crippen LogP contribution in [0.2, 0.25) is 0 Å². The Balaban J connectivity index is 2.73. The van der Waals surface area contributed by atoms with Gasteiger partial charge in [-0.25, -0.2) is 0 Å². The summed E-state index contributed by atoms with van der Waals surface area (Å²) in [7, 11) is 0. The number of benzene rings is 1. The zero-order chi connectivity index (χ0) is 15.3. The molecule has 112 valence electrons. The van der Waals surface area contributed by atoms with E-state index in [-0.39, 0.29) is 6.04 Å². The third-order valence-electron chi connectivity index (χ3n) is 3.56. The van der Waals surface area contributed by atoms with Crippen molar-refractivity contribution in [2.24, 2.45) is 5.92 Å². The minimum absolute atomic E-state index is 0.0380. The van der Waals surface area contributed by atoms with E-state index in [1.54, 1.807) is 0 Å². The lowest BCUT2D eigenvalue weighted by Gasteiger charge is -2.22. The monoisotopic (exact) mass is 277 g/mol. The van der Waals surface area contributed by atoms with Crippen molar-refractivity contribution in [2.45, 2.75) is 59.0 Å². The maximum atomic E-state index is 11.3. The van der Waals surface area contributed by atoms with E-state index in [0.717, 1.165) is 5.56 Å². The number of hydrogen-bond donors (Lipinski definition) is 2. The largest absolute Gasteiger partial charge is 0.480 e. The molecule has 0 saturated heterocycles. The van der Waals surface area contributed by atoms with Gasteiger partial charge in [-0.3, -0.25) is 10.1 Å². The third-order valence-corrected chi connectivity index (χ3v) is 3.56. The van der Waals surface area contributed by atoms with Crippen LogP contribution in [0.5, 0.6) is 0 Å². The van der Waals surface area contributed by atoms with Crippen LogP contribution >= 0.6 is 0 Å². The maximum absolute atomic E-state index is 11.3. The number of aliphatic carboxylic acids is 1. The van der Waals surface area contributed by atoms with Crippen molar-refractivity contribution in [1.29, 1.82) is 0 Å². The van der Waals surface area contributed by atoms with Crippen LogP contribution in [0.3, 0.4) is 0 Å². The van der Waals surface area contributed by atoms with Gasteiger partial charge in [0.05, 0.1) is 0 Å². The summed E-state index contributed by atoms with van der Waals surface area (Å²) in [5.41, 5.74) is 2.43. The Morgan fingerprint density at radius 2 is 1.55 bits per heavy atom. The van der Waals surface area contributed by atoms with E-state index >= 15 is 0 Å². The molecule has 0 heterocycles. The smallest absolute Gasteiger partial charge is 0.320 e. The van der Waals surface area contributed by atoms with Crippen LogP contribution in [0.25, 0.3) is 0 Å². The first-order chi connectivity index (χ1) is 9.31. The fourth-order valence-corrected chi connectivity index (χ4v) is 2.28. The highest BCUT2D eigenvalue weighted by molar-refractivity contribution is 5.73. The standard InChI is InChI=1S/C17H27NO2/c1-11(2)10-16(17(19)20)18-13(5)15-8-6-14(7-9-15)12(3)4/h6-9,11-13,16,18H,10H2,1-5H3,(H,19,20). The van der Waals surface area contributed by atoms with Gasteiger partial charge in [0, 0.05) is 6.04 Å². The maximum Gasteiger partial charge on any atom is 0.320 e. The van der Waals surface area contributed by atoms with E-state index in [0.29, 0.717) is 18.3 Å². The van der Waals surface area contributed by atoms with E-state index in [9.17, 15) is 9.90 Å². The van der Waals surface area contributed by atoms with Crippen molar-refractivity contribution in [3.63, 3.8) is 0 Å². The quantitative estimate of drug-likeness (QED) is 0.793. The van der Waals surface area contributed by atoms with Gasteiger partial charge in [-0.1, -0.05) is 52.0 Å². The lowest BCUT2D eigenvalue weighted by molar-refractivity contribution is -0.140. The summed E-state index contributed by atoms with van der Waals surface area (Å²) in [5.74, 6) is 0.100. The van der Waals surface area contributed by atoms with Crippen molar-refractivity contribution in [3.05, 3.63) is 35.4 Å². The van der Waals surface area contributed by atoms with Crippen molar-refractivity contribution in [1.82, 2.24) is 5.32 Å². The Morgan fingerprint density at radius 3 is 1.95 bits per heavy atom. The van der Waals surface area contributed by atoms with Crippen LogP contribution in [0.15, 0.2) is 24.3 Å². The third kappa shape index (κ3) is 4.97. The van der Waals surface area contributed by atoms with Crippen LogP contribution in [0, 0.1) is 5.92 Å². The summed E-state index contributed by atoms with van der Waals surface area (Å²) in [6.07, 6.45) is 0.643. The number of hydrogen-bond acceptors (Lipinski definition) is 2. The minimum Gasteiger partial charge on any atom is -0.480 e. The van der Waals surface area contributed by atoms with Gasteiger partial charge in [0.2, 0.25) is 0 Å². The van der Waals surface area contributed by atoms with E-state index in [4.69, 9.17) is 0 Å². The van der Waals surface area contributed by atoms with Gasteiger partial charge in [0.1, 0.15) is 6.04 Å². The summed E-state index contributed by atoms with van der Waals surface area (Å²) < 4.78 is 0. The Bertz CT molecular complexity index is 423. The molecular formula is C17H27NO2. The SMILES string of the molecule is CC(C)CC(NC(C)c1ccc(C(C)C)cc1)C(=O)O. The lowest BCUT2D eigenvalue weighted by Crippen LogP contribution is -2.39. The zero-order valence-corrected chi connectivity index (χ0v) is 13.2. The van der Waals surface area contributed by atoms with Crippen LogP contribution in [-0.4, -0.2) is 17.1 Å². The molecule has 0 aliphatic heterocycles. The second kappa shape index (κ2) is 7.44. The number of carboxylic acids is 1. The van der Waals surface area contributed by atoms with Gasteiger partial charge in [-0.2, -0.15) is 0 Å². The molecule has 3 nitrogen and oxygen atoms in total. The van der Waals surface area contributed by atoms with Gasteiger partial charge in [-0.05, 0) is 36.3 Å². The topological polar surface area (TPSA) is 49.3 Å². The molecule has 0 amide bonds. The highest BCUT2D eigenvalue weighted by Crippen LogP contribution is 2.19. The molecule has 0 fully saturated rings. The first-order valence-corrected chi connectivity index (χ1v) is 7.40. The van der Waals surface area contributed by atoms with Gasteiger partial charge >= 0.3 is 5.97 Å². The summed E-state index contributed by atoms with van der Waals surface area (Å²) >= 11 is 0. The number of nitrogens with one attached hydrogen (secondary N) is 1. The van der Waals surface area contributed by atoms with E-state index in [1.807, 2.05) is 20.8 Å². The predicted octanol–water partition coefficient (Wildman–Crippen LogP) is 3.96. The molecule has 2 atom stereocenters. The van der Waals surface area contributed by atoms with Crippen molar-refractivity contribution in [2.75, 3.05) is 0 Å². The molecular weight excluding hydrogens is 250 g/mol. The summed E-state index contributed by atoms with van der Waals surface area (Å²) in [6, 6.07) is 7.96.